The Morgan fingerprint density at radius 2 is 2.04 bits per heavy atom. The highest BCUT2D eigenvalue weighted by Crippen LogP contribution is 2.23. The van der Waals surface area contributed by atoms with Crippen molar-refractivity contribution < 1.29 is 4.79 Å². The lowest BCUT2D eigenvalue weighted by molar-refractivity contribution is 0.102. The monoisotopic (exact) mass is 364 g/mol. The lowest BCUT2D eigenvalue weighted by Gasteiger charge is -2.09. The van der Waals surface area contributed by atoms with Crippen molar-refractivity contribution in [1.82, 2.24) is 14.3 Å². The molecule has 0 bridgehead atoms. The molecule has 0 aliphatic carbocycles. The standard InChI is InChI=1S/C20H17ClN4O/c1-24-18-12-16(21)7-6-15(18)11-19(24)20(26)23-17-5-2-4-14(10-17)13-25-9-3-8-22-25/h2-12H,13H2,1H3,(H,23,26). The Hall–Kier alpha value is -3.05. The third-order valence-corrected chi connectivity index (χ3v) is 4.56. The molecule has 1 N–H and O–H groups in total. The number of anilines is 1. The van der Waals surface area contributed by atoms with Gasteiger partial charge in [0.25, 0.3) is 5.91 Å². The van der Waals surface area contributed by atoms with E-state index >= 15 is 0 Å². The lowest BCUT2D eigenvalue weighted by Crippen LogP contribution is -2.15. The van der Waals surface area contributed by atoms with Crippen molar-refractivity contribution in [1.29, 1.82) is 0 Å². The van der Waals surface area contributed by atoms with Crippen LogP contribution < -0.4 is 5.32 Å². The van der Waals surface area contributed by atoms with Crippen molar-refractivity contribution >= 4 is 34.1 Å². The van der Waals surface area contributed by atoms with Crippen LogP contribution in [0.25, 0.3) is 10.9 Å². The summed E-state index contributed by atoms with van der Waals surface area (Å²) in [6.45, 7) is 0.656. The zero-order chi connectivity index (χ0) is 18.1. The summed E-state index contributed by atoms with van der Waals surface area (Å²) in [4.78, 5) is 12.7. The van der Waals surface area contributed by atoms with Gasteiger partial charge in [-0.25, -0.2) is 0 Å². The molecule has 0 saturated carbocycles. The van der Waals surface area contributed by atoms with Crippen LogP contribution in [0.2, 0.25) is 5.02 Å². The molecule has 0 aliphatic heterocycles. The van der Waals surface area contributed by atoms with E-state index in [0.29, 0.717) is 17.3 Å². The fourth-order valence-electron chi connectivity index (χ4n) is 3.04. The SMILES string of the molecule is Cn1c(C(=O)Nc2cccc(Cn3cccn3)c2)cc2ccc(Cl)cc21. The van der Waals surface area contributed by atoms with Gasteiger partial charge in [0.15, 0.2) is 0 Å². The van der Waals surface area contributed by atoms with E-state index in [4.69, 9.17) is 11.6 Å². The van der Waals surface area contributed by atoms with E-state index in [0.717, 1.165) is 22.2 Å². The Labute approximate surface area is 155 Å². The zero-order valence-electron chi connectivity index (χ0n) is 14.2. The molecule has 5 nitrogen and oxygen atoms in total. The van der Waals surface area contributed by atoms with Crippen molar-refractivity contribution in [3.8, 4) is 0 Å². The largest absolute Gasteiger partial charge is 0.340 e. The fourth-order valence-corrected chi connectivity index (χ4v) is 3.21. The summed E-state index contributed by atoms with van der Waals surface area (Å²) in [6, 6.07) is 17.1. The second-order valence-electron chi connectivity index (χ2n) is 6.15. The quantitative estimate of drug-likeness (QED) is 0.586. The molecule has 130 valence electrons. The number of amides is 1. The number of carbonyl (C=O) groups excluding carboxylic acids is 1. The number of hydrogen-bond donors (Lipinski definition) is 1. The summed E-state index contributed by atoms with van der Waals surface area (Å²) < 4.78 is 3.69. The van der Waals surface area contributed by atoms with E-state index in [2.05, 4.69) is 10.4 Å². The second-order valence-corrected chi connectivity index (χ2v) is 6.59. The van der Waals surface area contributed by atoms with Gasteiger partial charge in [-0.1, -0.05) is 29.8 Å². The summed E-state index contributed by atoms with van der Waals surface area (Å²) in [5.74, 6) is -0.156. The molecule has 6 heteroatoms. The van der Waals surface area contributed by atoms with Crippen molar-refractivity contribution in [2.45, 2.75) is 6.54 Å². The van der Waals surface area contributed by atoms with Gasteiger partial charge in [-0.15, -0.1) is 0 Å². The summed E-state index contributed by atoms with van der Waals surface area (Å²) in [5, 5.41) is 8.81. The molecule has 0 atom stereocenters. The molecule has 2 heterocycles. The van der Waals surface area contributed by atoms with Gasteiger partial charge in [0.2, 0.25) is 0 Å². The molecule has 26 heavy (non-hydrogen) atoms. The number of aryl methyl sites for hydroxylation is 1. The minimum atomic E-state index is -0.156. The van der Waals surface area contributed by atoms with E-state index in [1.54, 1.807) is 6.20 Å². The van der Waals surface area contributed by atoms with Crippen LogP contribution in [-0.4, -0.2) is 20.3 Å². The van der Waals surface area contributed by atoms with Gasteiger partial charge < -0.3 is 9.88 Å². The molecule has 2 aromatic carbocycles. The Morgan fingerprint density at radius 3 is 2.85 bits per heavy atom. The lowest BCUT2D eigenvalue weighted by atomic mass is 10.2. The van der Waals surface area contributed by atoms with Gasteiger partial charge in [-0.2, -0.15) is 5.10 Å². The molecule has 1 amide bonds. The number of hydrogen-bond acceptors (Lipinski definition) is 2. The maximum Gasteiger partial charge on any atom is 0.272 e. The number of nitrogens with one attached hydrogen (secondary N) is 1. The topological polar surface area (TPSA) is 51.9 Å². The number of halogens is 1. The van der Waals surface area contributed by atoms with Crippen LogP contribution in [0.1, 0.15) is 16.1 Å². The highest BCUT2D eigenvalue weighted by molar-refractivity contribution is 6.31. The maximum absolute atomic E-state index is 12.7. The van der Waals surface area contributed by atoms with E-state index in [1.165, 1.54) is 0 Å². The Balaban J connectivity index is 1.57. The fraction of sp³-hybridized carbons (Fsp3) is 0.100. The van der Waals surface area contributed by atoms with Crippen LogP contribution >= 0.6 is 11.6 Å². The average Bonchev–Trinajstić information content (AvgIpc) is 3.24. The van der Waals surface area contributed by atoms with Gasteiger partial charge in [0, 0.05) is 41.1 Å². The molecule has 0 saturated heterocycles. The number of rotatable bonds is 4. The first-order valence-electron chi connectivity index (χ1n) is 8.23. The van der Waals surface area contributed by atoms with E-state index in [1.807, 2.05) is 77.1 Å². The summed E-state index contributed by atoms with van der Waals surface area (Å²) in [5.41, 5.74) is 3.33. The second kappa shape index (κ2) is 6.69. The van der Waals surface area contributed by atoms with E-state index in [-0.39, 0.29) is 5.91 Å². The Kier molecular flexibility index (Phi) is 4.22. The first-order chi connectivity index (χ1) is 12.6. The predicted molar refractivity (Wildman–Crippen MR) is 104 cm³/mol. The number of benzene rings is 2. The number of aromatic nitrogens is 3. The van der Waals surface area contributed by atoms with Crippen LogP contribution in [0.3, 0.4) is 0 Å². The van der Waals surface area contributed by atoms with Crippen molar-refractivity contribution in [3.63, 3.8) is 0 Å². The van der Waals surface area contributed by atoms with E-state index in [9.17, 15) is 4.79 Å². The van der Waals surface area contributed by atoms with Gasteiger partial charge in [-0.3, -0.25) is 9.48 Å². The van der Waals surface area contributed by atoms with Crippen LogP contribution in [0.4, 0.5) is 5.69 Å². The minimum absolute atomic E-state index is 0.156. The van der Waals surface area contributed by atoms with Crippen molar-refractivity contribution in [3.05, 3.63) is 83.3 Å². The highest BCUT2D eigenvalue weighted by atomic mass is 35.5. The summed E-state index contributed by atoms with van der Waals surface area (Å²) in [7, 11) is 1.86. The molecule has 0 unspecified atom stereocenters. The molecule has 4 rings (SSSR count). The molecular formula is C20H17ClN4O. The molecule has 0 aliphatic rings. The normalized spacial score (nSPS) is 11.0. The first-order valence-corrected chi connectivity index (χ1v) is 8.61. The van der Waals surface area contributed by atoms with Crippen LogP contribution in [0.5, 0.6) is 0 Å². The highest BCUT2D eigenvalue weighted by Gasteiger charge is 2.14. The summed E-state index contributed by atoms with van der Waals surface area (Å²) >= 11 is 6.06. The first kappa shape index (κ1) is 16.4. The van der Waals surface area contributed by atoms with Gasteiger partial charge in [0.05, 0.1) is 6.54 Å². The molecule has 2 aromatic heterocycles. The molecule has 4 aromatic rings. The predicted octanol–water partition coefficient (Wildman–Crippen LogP) is 4.33. The third kappa shape index (κ3) is 3.21. The minimum Gasteiger partial charge on any atom is -0.340 e. The molecule has 0 fully saturated rings. The van der Waals surface area contributed by atoms with Gasteiger partial charge in [-0.05, 0) is 42.0 Å². The number of nitrogens with zero attached hydrogens (tertiary/aromatic N) is 3. The van der Waals surface area contributed by atoms with Crippen molar-refractivity contribution in [2.75, 3.05) is 5.32 Å². The molecule has 0 spiro atoms. The average molecular weight is 365 g/mol. The smallest absolute Gasteiger partial charge is 0.272 e. The van der Waals surface area contributed by atoms with E-state index < -0.39 is 0 Å². The van der Waals surface area contributed by atoms with Gasteiger partial charge in [0.1, 0.15) is 5.69 Å². The van der Waals surface area contributed by atoms with Gasteiger partial charge >= 0.3 is 0 Å². The maximum atomic E-state index is 12.7. The zero-order valence-corrected chi connectivity index (χ0v) is 14.9. The Bertz CT molecular complexity index is 1080. The number of carbonyl (C=O) groups is 1. The molecular weight excluding hydrogens is 348 g/mol. The van der Waals surface area contributed by atoms with Crippen molar-refractivity contribution in [2.24, 2.45) is 7.05 Å². The third-order valence-electron chi connectivity index (χ3n) is 4.33. The molecule has 0 radical (unpaired) electrons. The number of fused-ring (bicyclic) bond motifs is 1. The van der Waals surface area contributed by atoms with Crippen LogP contribution in [0, 0.1) is 0 Å². The van der Waals surface area contributed by atoms with Crippen LogP contribution in [-0.2, 0) is 13.6 Å². The Morgan fingerprint density at radius 1 is 1.15 bits per heavy atom. The summed E-state index contributed by atoms with van der Waals surface area (Å²) in [6.07, 6.45) is 3.66. The van der Waals surface area contributed by atoms with Crippen LogP contribution in [0.15, 0.2) is 67.0 Å².